The van der Waals surface area contributed by atoms with E-state index in [1.54, 1.807) is 0 Å². The van der Waals surface area contributed by atoms with Crippen LogP contribution in [-0.4, -0.2) is 10.6 Å². The number of nitrogens with two attached hydrogens (primary N) is 1. The number of rotatable bonds is 3. The average molecular weight is 237 g/mol. The fourth-order valence-corrected chi connectivity index (χ4v) is 2.45. The van der Waals surface area contributed by atoms with Crippen molar-refractivity contribution in [3.8, 4) is 0 Å². The number of nitrogens with zero attached hydrogens (tertiary/aromatic N) is 1. The topological polar surface area (TPSA) is 30.9 Å². The van der Waals surface area contributed by atoms with Crippen LogP contribution in [0, 0.1) is 0 Å². The third-order valence-electron chi connectivity index (χ3n) is 2.82. The first-order chi connectivity index (χ1) is 7.63. The molecule has 0 saturated carbocycles. The third-order valence-corrected chi connectivity index (χ3v) is 3.13. The zero-order valence-corrected chi connectivity index (χ0v) is 10.5. The fourth-order valence-electron chi connectivity index (χ4n) is 2.16. The highest BCUT2D eigenvalue weighted by molar-refractivity contribution is 6.35. The summed E-state index contributed by atoms with van der Waals surface area (Å²) in [5.41, 5.74) is 8.31. The summed E-state index contributed by atoms with van der Waals surface area (Å²) in [4.78, 5) is 0. The van der Waals surface area contributed by atoms with Gasteiger partial charge in [0, 0.05) is 29.7 Å². The first-order valence-electron chi connectivity index (χ1n) is 5.65. The molecule has 0 fully saturated rings. The van der Waals surface area contributed by atoms with Gasteiger partial charge in [-0.15, -0.1) is 0 Å². The first kappa shape index (κ1) is 11.5. The van der Waals surface area contributed by atoms with Gasteiger partial charge in [-0.1, -0.05) is 17.7 Å². The van der Waals surface area contributed by atoms with Gasteiger partial charge in [-0.05, 0) is 38.0 Å². The van der Waals surface area contributed by atoms with E-state index in [1.165, 1.54) is 11.1 Å². The summed E-state index contributed by atoms with van der Waals surface area (Å²) in [7, 11) is 0. The van der Waals surface area contributed by atoms with Gasteiger partial charge in [-0.2, -0.15) is 0 Å². The predicted octanol–water partition coefficient (Wildman–Crippen LogP) is 3.20. The summed E-state index contributed by atoms with van der Waals surface area (Å²) in [6.07, 6.45) is 3.03. The SMILES string of the molecule is CCn1cc(CC(C)N)c2c(Cl)cccc21. The highest BCUT2D eigenvalue weighted by Crippen LogP contribution is 2.29. The molecule has 16 heavy (non-hydrogen) atoms. The molecule has 0 aliphatic carbocycles. The Hall–Kier alpha value is -0.990. The third kappa shape index (κ3) is 1.95. The second kappa shape index (κ2) is 4.48. The molecule has 1 aromatic carbocycles. The smallest absolute Gasteiger partial charge is 0.0502 e. The van der Waals surface area contributed by atoms with Crippen LogP contribution in [-0.2, 0) is 13.0 Å². The molecule has 1 atom stereocenters. The molecule has 1 heterocycles. The maximum Gasteiger partial charge on any atom is 0.0502 e. The zero-order valence-electron chi connectivity index (χ0n) is 9.70. The number of aryl methyl sites for hydroxylation is 1. The number of fused-ring (bicyclic) bond motifs is 1. The minimum atomic E-state index is 0.159. The predicted molar refractivity (Wildman–Crippen MR) is 70.0 cm³/mol. The second-order valence-electron chi connectivity index (χ2n) is 4.26. The van der Waals surface area contributed by atoms with Crippen LogP contribution in [0.3, 0.4) is 0 Å². The van der Waals surface area contributed by atoms with Crippen LogP contribution in [0.25, 0.3) is 10.9 Å². The molecule has 86 valence electrons. The summed E-state index contributed by atoms with van der Waals surface area (Å²) in [5.74, 6) is 0. The van der Waals surface area contributed by atoms with Crippen LogP contribution in [0.15, 0.2) is 24.4 Å². The molecular formula is C13H17ClN2. The summed E-state index contributed by atoms with van der Waals surface area (Å²) in [6, 6.07) is 6.20. The van der Waals surface area contributed by atoms with Gasteiger partial charge in [0.2, 0.25) is 0 Å². The normalized spacial score (nSPS) is 13.2. The molecule has 3 heteroatoms. The molecule has 2 N–H and O–H groups in total. The molecule has 0 spiro atoms. The average Bonchev–Trinajstić information content (AvgIpc) is 2.57. The van der Waals surface area contributed by atoms with Gasteiger partial charge in [0.15, 0.2) is 0 Å². The van der Waals surface area contributed by atoms with Gasteiger partial charge in [-0.3, -0.25) is 0 Å². The summed E-state index contributed by atoms with van der Waals surface area (Å²) in [6.45, 7) is 5.11. The summed E-state index contributed by atoms with van der Waals surface area (Å²) in [5, 5.41) is 1.98. The molecule has 0 saturated heterocycles. The second-order valence-corrected chi connectivity index (χ2v) is 4.66. The van der Waals surface area contributed by atoms with Crippen molar-refractivity contribution in [2.45, 2.75) is 32.9 Å². The molecule has 1 aromatic heterocycles. The van der Waals surface area contributed by atoms with E-state index in [-0.39, 0.29) is 6.04 Å². The van der Waals surface area contributed by atoms with Crippen LogP contribution in [0.1, 0.15) is 19.4 Å². The van der Waals surface area contributed by atoms with Gasteiger partial charge in [0.05, 0.1) is 5.02 Å². The van der Waals surface area contributed by atoms with Crippen molar-refractivity contribution in [2.24, 2.45) is 5.73 Å². The lowest BCUT2D eigenvalue weighted by Gasteiger charge is -2.03. The number of benzene rings is 1. The van der Waals surface area contributed by atoms with E-state index in [1.807, 2.05) is 19.1 Å². The Morgan fingerprint density at radius 2 is 2.19 bits per heavy atom. The van der Waals surface area contributed by atoms with Gasteiger partial charge >= 0.3 is 0 Å². The van der Waals surface area contributed by atoms with E-state index in [9.17, 15) is 0 Å². The molecule has 2 rings (SSSR count). The Morgan fingerprint density at radius 3 is 2.81 bits per heavy atom. The fraction of sp³-hybridized carbons (Fsp3) is 0.385. The maximum absolute atomic E-state index is 6.26. The van der Waals surface area contributed by atoms with E-state index >= 15 is 0 Å². The van der Waals surface area contributed by atoms with Crippen LogP contribution in [0.2, 0.25) is 5.02 Å². The van der Waals surface area contributed by atoms with Crippen molar-refractivity contribution < 1.29 is 0 Å². The number of halogens is 1. The highest BCUT2D eigenvalue weighted by Gasteiger charge is 2.11. The van der Waals surface area contributed by atoms with Crippen LogP contribution in [0.4, 0.5) is 0 Å². The molecular weight excluding hydrogens is 220 g/mol. The largest absolute Gasteiger partial charge is 0.347 e. The van der Waals surface area contributed by atoms with Crippen LogP contribution in [0.5, 0.6) is 0 Å². The van der Waals surface area contributed by atoms with Gasteiger partial charge in [0.25, 0.3) is 0 Å². The Kier molecular flexibility index (Phi) is 3.22. The van der Waals surface area contributed by atoms with Crippen molar-refractivity contribution in [2.75, 3.05) is 0 Å². The highest BCUT2D eigenvalue weighted by atomic mass is 35.5. The molecule has 0 aliphatic rings. The minimum Gasteiger partial charge on any atom is -0.347 e. The molecule has 0 amide bonds. The van der Waals surface area contributed by atoms with Crippen LogP contribution < -0.4 is 5.73 Å². The Bertz CT molecular complexity index is 500. The van der Waals surface area contributed by atoms with E-state index in [0.717, 1.165) is 23.4 Å². The molecule has 0 bridgehead atoms. The Balaban J connectivity index is 2.64. The van der Waals surface area contributed by atoms with E-state index in [2.05, 4.69) is 23.8 Å². The van der Waals surface area contributed by atoms with Crippen molar-refractivity contribution in [3.63, 3.8) is 0 Å². The van der Waals surface area contributed by atoms with Crippen molar-refractivity contribution in [3.05, 3.63) is 35.0 Å². The van der Waals surface area contributed by atoms with E-state index < -0.39 is 0 Å². The molecule has 2 nitrogen and oxygen atoms in total. The Labute approximate surface area is 101 Å². The maximum atomic E-state index is 6.26. The molecule has 0 aliphatic heterocycles. The minimum absolute atomic E-state index is 0.159. The standard InChI is InChI=1S/C13H17ClN2/c1-3-16-8-10(7-9(2)15)13-11(14)5-4-6-12(13)16/h4-6,8-9H,3,7,15H2,1-2H3. The molecule has 2 aromatic rings. The van der Waals surface area contributed by atoms with Gasteiger partial charge in [-0.25, -0.2) is 0 Å². The monoisotopic (exact) mass is 236 g/mol. The number of hydrogen-bond acceptors (Lipinski definition) is 1. The Morgan fingerprint density at radius 1 is 1.44 bits per heavy atom. The van der Waals surface area contributed by atoms with E-state index in [4.69, 9.17) is 17.3 Å². The van der Waals surface area contributed by atoms with Crippen LogP contribution >= 0.6 is 11.6 Å². The zero-order chi connectivity index (χ0) is 11.7. The van der Waals surface area contributed by atoms with Crippen molar-refractivity contribution >= 4 is 22.5 Å². The lowest BCUT2D eigenvalue weighted by atomic mass is 10.1. The molecule has 0 radical (unpaired) electrons. The van der Waals surface area contributed by atoms with Crippen molar-refractivity contribution in [1.29, 1.82) is 0 Å². The summed E-state index contributed by atoms with van der Waals surface area (Å²) < 4.78 is 2.22. The lowest BCUT2D eigenvalue weighted by Crippen LogP contribution is -2.17. The first-order valence-corrected chi connectivity index (χ1v) is 6.03. The van der Waals surface area contributed by atoms with Gasteiger partial charge < -0.3 is 10.3 Å². The van der Waals surface area contributed by atoms with Crippen molar-refractivity contribution in [1.82, 2.24) is 4.57 Å². The quantitative estimate of drug-likeness (QED) is 0.872. The van der Waals surface area contributed by atoms with Gasteiger partial charge in [0.1, 0.15) is 0 Å². The van der Waals surface area contributed by atoms with E-state index in [0.29, 0.717) is 0 Å². The summed E-state index contributed by atoms with van der Waals surface area (Å²) >= 11 is 6.26. The lowest BCUT2D eigenvalue weighted by molar-refractivity contribution is 0.731. The molecule has 1 unspecified atom stereocenters. The number of aromatic nitrogens is 1. The number of hydrogen-bond donors (Lipinski definition) is 1.